The molecule has 0 atom stereocenters. The molecule has 3 nitrogen and oxygen atoms in total. The number of aromatic nitrogens is 3. The minimum absolute atomic E-state index is 1.10. The zero-order valence-electron chi connectivity index (χ0n) is 23.9. The molecule has 0 amide bonds. The summed E-state index contributed by atoms with van der Waals surface area (Å²) in [6.07, 6.45) is 3.86. The Morgan fingerprint density at radius 1 is 0.318 bits per heavy atom. The highest BCUT2D eigenvalue weighted by molar-refractivity contribution is 6.19. The third kappa shape index (κ3) is 3.66. The lowest BCUT2D eigenvalue weighted by atomic mass is 10.0. The molecule has 0 fully saturated rings. The van der Waals surface area contributed by atoms with Gasteiger partial charge in [-0.3, -0.25) is 4.98 Å². The third-order valence-electron chi connectivity index (χ3n) is 8.84. The molecule has 0 radical (unpaired) electrons. The van der Waals surface area contributed by atoms with E-state index in [0.29, 0.717) is 0 Å². The summed E-state index contributed by atoms with van der Waals surface area (Å²) < 4.78 is 4.75. The molecule has 0 saturated heterocycles. The zero-order chi connectivity index (χ0) is 29.0. The fourth-order valence-corrected chi connectivity index (χ4v) is 6.96. The van der Waals surface area contributed by atoms with Gasteiger partial charge in [-0.05, 0) is 70.1 Å². The van der Waals surface area contributed by atoms with Crippen molar-refractivity contribution < 1.29 is 0 Å². The first-order valence-electron chi connectivity index (χ1n) is 15.0. The van der Waals surface area contributed by atoms with Crippen molar-refractivity contribution >= 4 is 65.2 Å². The number of nitrogens with zero attached hydrogens (tertiary/aromatic N) is 3. The smallest absolute Gasteiger partial charge is 0.0724 e. The van der Waals surface area contributed by atoms with Crippen molar-refractivity contribution in [3.8, 4) is 11.4 Å². The Labute approximate surface area is 254 Å². The number of para-hydroxylation sites is 3. The van der Waals surface area contributed by atoms with Gasteiger partial charge in [0.1, 0.15) is 0 Å². The van der Waals surface area contributed by atoms with Crippen molar-refractivity contribution in [2.45, 2.75) is 0 Å². The molecule has 6 aromatic carbocycles. The maximum absolute atomic E-state index is 4.51. The highest BCUT2D eigenvalue weighted by Crippen LogP contribution is 2.37. The Balaban J connectivity index is 1.51. The molecule has 0 N–H and O–H groups in total. The molecule has 9 aromatic rings. The topological polar surface area (TPSA) is 22.8 Å². The van der Waals surface area contributed by atoms with Crippen LogP contribution in [0.3, 0.4) is 0 Å². The summed E-state index contributed by atoms with van der Waals surface area (Å²) in [5, 5.41) is 9.70. The van der Waals surface area contributed by atoms with Gasteiger partial charge in [-0.1, -0.05) is 103 Å². The lowest BCUT2D eigenvalue weighted by molar-refractivity contribution is 1.15. The van der Waals surface area contributed by atoms with Gasteiger partial charge in [0.2, 0.25) is 0 Å². The molecule has 3 heterocycles. The van der Waals surface area contributed by atoms with Crippen LogP contribution < -0.4 is 0 Å². The molecule has 0 aliphatic rings. The van der Waals surface area contributed by atoms with Crippen molar-refractivity contribution in [2.24, 2.45) is 0 Å². The summed E-state index contributed by atoms with van der Waals surface area (Å²) in [7, 11) is 0. The van der Waals surface area contributed by atoms with E-state index < -0.39 is 0 Å². The monoisotopic (exact) mass is 561 g/mol. The molecular weight excluding hydrogens is 534 g/mol. The highest BCUT2D eigenvalue weighted by Gasteiger charge is 2.15. The van der Waals surface area contributed by atoms with Gasteiger partial charge >= 0.3 is 0 Å². The number of hydrogen-bond acceptors (Lipinski definition) is 1. The predicted octanol–water partition coefficient (Wildman–Crippen LogP) is 10.7. The second kappa shape index (κ2) is 9.82. The molecule has 0 saturated carbocycles. The highest BCUT2D eigenvalue weighted by atomic mass is 15.0. The van der Waals surface area contributed by atoms with Crippen LogP contribution in [0.2, 0.25) is 0 Å². The van der Waals surface area contributed by atoms with Gasteiger partial charge in [0.15, 0.2) is 0 Å². The maximum atomic E-state index is 4.51. The van der Waals surface area contributed by atoms with Crippen LogP contribution in [0.15, 0.2) is 164 Å². The van der Waals surface area contributed by atoms with E-state index in [1.807, 2.05) is 12.4 Å². The molecule has 206 valence electrons. The van der Waals surface area contributed by atoms with Crippen LogP contribution in [0.5, 0.6) is 0 Å². The van der Waals surface area contributed by atoms with Crippen molar-refractivity contribution in [1.29, 1.82) is 0 Å². The van der Waals surface area contributed by atoms with Gasteiger partial charge < -0.3 is 9.13 Å². The van der Waals surface area contributed by atoms with E-state index in [9.17, 15) is 0 Å². The van der Waals surface area contributed by atoms with Crippen LogP contribution in [-0.2, 0) is 0 Å². The fraction of sp³-hybridized carbons (Fsp3) is 0. The molecule has 0 aliphatic heterocycles. The van der Waals surface area contributed by atoms with Crippen molar-refractivity contribution in [3.63, 3.8) is 0 Å². The normalized spacial score (nSPS) is 11.6. The Kier molecular flexibility index (Phi) is 5.50. The Morgan fingerprint density at radius 2 is 0.773 bits per heavy atom. The summed E-state index contributed by atoms with van der Waals surface area (Å²) in [5.41, 5.74) is 6.78. The van der Waals surface area contributed by atoms with Gasteiger partial charge in [0.25, 0.3) is 0 Å². The molecule has 0 aliphatic carbocycles. The molecule has 3 aromatic heterocycles. The van der Waals surface area contributed by atoms with E-state index in [2.05, 4.69) is 166 Å². The quantitative estimate of drug-likeness (QED) is 0.206. The summed E-state index contributed by atoms with van der Waals surface area (Å²) in [5.74, 6) is 0. The van der Waals surface area contributed by atoms with E-state index >= 15 is 0 Å². The van der Waals surface area contributed by atoms with Crippen LogP contribution in [0.25, 0.3) is 76.5 Å². The van der Waals surface area contributed by atoms with Gasteiger partial charge in [0, 0.05) is 39.1 Å². The minimum atomic E-state index is 1.10. The molecular formula is C41H27N3. The van der Waals surface area contributed by atoms with Crippen molar-refractivity contribution in [3.05, 3.63) is 164 Å². The van der Waals surface area contributed by atoms with Crippen LogP contribution >= 0.6 is 0 Å². The maximum Gasteiger partial charge on any atom is 0.0724 e. The van der Waals surface area contributed by atoms with Crippen LogP contribution in [0.4, 0.5) is 0 Å². The number of rotatable bonds is 2. The lowest BCUT2D eigenvalue weighted by Crippen LogP contribution is -1.98. The molecule has 0 unspecified atom stereocenters. The molecule has 0 bridgehead atoms. The minimum Gasteiger partial charge on any atom is -0.309 e. The number of benzene rings is 6. The second-order valence-electron chi connectivity index (χ2n) is 11.2. The molecule has 44 heavy (non-hydrogen) atoms. The van der Waals surface area contributed by atoms with Gasteiger partial charge in [-0.2, -0.15) is 0 Å². The third-order valence-corrected chi connectivity index (χ3v) is 8.84. The molecule has 3 heteroatoms. The van der Waals surface area contributed by atoms with E-state index in [0.717, 1.165) is 33.4 Å². The Bertz CT molecular complexity index is 2500. The van der Waals surface area contributed by atoms with E-state index in [4.69, 9.17) is 0 Å². The predicted molar refractivity (Wildman–Crippen MR) is 186 cm³/mol. The SMILES string of the molecule is c1ccc(-n2c3ccc(-n4c5ccccc5c5ccccc5c5ccccc5c5ccccc54)cc3c3ccncc32)cc1. The lowest BCUT2D eigenvalue weighted by Gasteiger charge is -2.14. The largest absolute Gasteiger partial charge is 0.309 e. The van der Waals surface area contributed by atoms with E-state index in [1.165, 1.54) is 43.1 Å². The first-order chi connectivity index (χ1) is 21.9. The first kappa shape index (κ1) is 24.6. The van der Waals surface area contributed by atoms with Crippen LogP contribution in [-0.4, -0.2) is 14.1 Å². The number of pyridine rings is 1. The standard InChI is InChI=1S/C41H27N3/c1-2-12-28(13-3-1)43-40-23-22-29(26-37(40)36-24-25-42-27-41(36)43)44-38-20-10-8-18-34(38)32-16-6-4-14-30(32)31-15-5-7-17-33(31)35-19-9-11-21-39(35)44/h1-27H. The van der Waals surface area contributed by atoms with Gasteiger partial charge in [-0.15, -0.1) is 0 Å². The van der Waals surface area contributed by atoms with Gasteiger partial charge in [-0.25, -0.2) is 0 Å². The first-order valence-corrected chi connectivity index (χ1v) is 15.0. The molecule has 9 rings (SSSR count). The van der Waals surface area contributed by atoms with E-state index in [-0.39, 0.29) is 0 Å². The summed E-state index contributed by atoms with van der Waals surface area (Å²) in [6.45, 7) is 0. The number of fused-ring (bicyclic) bond motifs is 10. The Morgan fingerprint density at radius 3 is 1.39 bits per heavy atom. The summed E-state index contributed by atoms with van der Waals surface area (Å²) in [6, 6.07) is 54.7. The second-order valence-corrected chi connectivity index (χ2v) is 11.2. The Hall–Kier alpha value is -5.93. The molecule has 0 spiro atoms. The van der Waals surface area contributed by atoms with Crippen LogP contribution in [0, 0.1) is 0 Å². The average Bonchev–Trinajstić information content (AvgIpc) is 3.44. The summed E-state index contributed by atoms with van der Waals surface area (Å²) >= 11 is 0. The van der Waals surface area contributed by atoms with Crippen molar-refractivity contribution in [2.75, 3.05) is 0 Å². The zero-order valence-corrected chi connectivity index (χ0v) is 23.9. The fourth-order valence-electron chi connectivity index (χ4n) is 6.96. The number of hydrogen-bond donors (Lipinski definition) is 0. The van der Waals surface area contributed by atoms with E-state index in [1.54, 1.807) is 0 Å². The van der Waals surface area contributed by atoms with Crippen molar-refractivity contribution in [1.82, 2.24) is 14.1 Å². The van der Waals surface area contributed by atoms with Crippen LogP contribution in [0.1, 0.15) is 0 Å². The summed E-state index contributed by atoms with van der Waals surface area (Å²) in [4.78, 5) is 4.51. The average molecular weight is 562 g/mol. The van der Waals surface area contributed by atoms with Gasteiger partial charge in [0.05, 0.1) is 28.3 Å².